The Labute approximate surface area is 77.1 Å². The molecular weight excluding hydrogens is 206 g/mol. The summed E-state index contributed by atoms with van der Waals surface area (Å²) in [6.45, 7) is 4.22. The second kappa shape index (κ2) is 4.75. The predicted molar refractivity (Wildman–Crippen MR) is 50.9 cm³/mol. The quantitative estimate of drug-likeness (QED) is 0.667. The van der Waals surface area contributed by atoms with Gasteiger partial charge in [-0.2, -0.15) is 0 Å². The molecular formula is C8H16BrNO. The van der Waals surface area contributed by atoms with E-state index in [0.717, 1.165) is 6.42 Å². The largest absolute Gasteiger partial charge is 0.348 e. The molecule has 0 aliphatic carbocycles. The smallest absolute Gasteiger partial charge is 0.235 e. The van der Waals surface area contributed by atoms with E-state index in [1.165, 1.54) is 0 Å². The highest BCUT2D eigenvalue weighted by Crippen LogP contribution is 2.13. The highest BCUT2D eigenvalue weighted by molar-refractivity contribution is 9.10. The van der Waals surface area contributed by atoms with E-state index in [4.69, 9.17) is 0 Å². The number of halogens is 1. The summed E-state index contributed by atoms with van der Waals surface area (Å²) in [5.74, 6) is 0.710. The molecule has 66 valence electrons. The van der Waals surface area contributed by atoms with Gasteiger partial charge in [0, 0.05) is 14.1 Å². The zero-order chi connectivity index (χ0) is 9.02. The van der Waals surface area contributed by atoms with Crippen molar-refractivity contribution in [2.75, 3.05) is 14.1 Å². The van der Waals surface area contributed by atoms with Crippen LogP contribution in [0.25, 0.3) is 0 Å². The molecule has 0 fully saturated rings. The second-order valence-electron chi connectivity index (χ2n) is 3.33. The zero-order valence-electron chi connectivity index (χ0n) is 7.60. The number of carbonyl (C=O) groups is 1. The van der Waals surface area contributed by atoms with E-state index >= 15 is 0 Å². The van der Waals surface area contributed by atoms with Gasteiger partial charge in [0.25, 0.3) is 0 Å². The summed E-state index contributed by atoms with van der Waals surface area (Å²) in [4.78, 5) is 12.9. The first-order chi connectivity index (χ1) is 4.95. The molecule has 2 nitrogen and oxygen atoms in total. The first kappa shape index (κ1) is 11.0. The van der Waals surface area contributed by atoms with Gasteiger partial charge in [-0.3, -0.25) is 4.79 Å². The summed E-state index contributed by atoms with van der Waals surface area (Å²) in [7, 11) is 3.55. The van der Waals surface area contributed by atoms with Crippen molar-refractivity contribution in [1.82, 2.24) is 4.90 Å². The topological polar surface area (TPSA) is 20.3 Å². The molecule has 1 amide bonds. The van der Waals surface area contributed by atoms with E-state index in [-0.39, 0.29) is 10.7 Å². The Balaban J connectivity index is 3.83. The first-order valence-corrected chi connectivity index (χ1v) is 4.72. The van der Waals surface area contributed by atoms with Crippen molar-refractivity contribution in [2.45, 2.75) is 25.1 Å². The molecule has 0 saturated heterocycles. The number of hydrogen-bond donors (Lipinski definition) is 0. The van der Waals surface area contributed by atoms with E-state index < -0.39 is 0 Å². The maximum absolute atomic E-state index is 11.3. The molecule has 0 aliphatic rings. The number of carbonyl (C=O) groups excluding carboxylic acids is 1. The summed E-state index contributed by atoms with van der Waals surface area (Å²) in [6.07, 6.45) is 0.900. The maximum atomic E-state index is 11.3. The molecule has 0 N–H and O–H groups in total. The number of nitrogens with zero attached hydrogens (tertiary/aromatic N) is 1. The Morgan fingerprint density at radius 2 is 1.91 bits per heavy atom. The minimum absolute atomic E-state index is 0.0162. The van der Waals surface area contributed by atoms with Gasteiger partial charge in [0.05, 0.1) is 4.83 Å². The maximum Gasteiger partial charge on any atom is 0.235 e. The zero-order valence-corrected chi connectivity index (χ0v) is 9.18. The van der Waals surface area contributed by atoms with Crippen molar-refractivity contribution in [1.29, 1.82) is 0 Å². The van der Waals surface area contributed by atoms with Crippen LogP contribution in [0, 0.1) is 5.92 Å². The average molecular weight is 222 g/mol. The van der Waals surface area contributed by atoms with Crippen molar-refractivity contribution < 1.29 is 4.79 Å². The van der Waals surface area contributed by atoms with Crippen LogP contribution < -0.4 is 0 Å². The standard InChI is InChI=1S/C8H16BrNO/c1-6(2)5-7(9)8(11)10(3)4/h6-7H,5H2,1-4H3/t7-/m0/s1. The summed E-state index contributed by atoms with van der Waals surface area (Å²) >= 11 is 3.35. The van der Waals surface area contributed by atoms with Crippen LogP contribution in [0.4, 0.5) is 0 Å². The van der Waals surface area contributed by atoms with E-state index in [2.05, 4.69) is 29.8 Å². The molecule has 0 spiro atoms. The van der Waals surface area contributed by atoms with Crippen molar-refractivity contribution in [3.8, 4) is 0 Å². The summed E-state index contributed by atoms with van der Waals surface area (Å²) < 4.78 is 0. The Kier molecular flexibility index (Phi) is 4.73. The van der Waals surface area contributed by atoms with Crippen LogP contribution in [0.2, 0.25) is 0 Å². The third kappa shape index (κ3) is 4.40. The number of hydrogen-bond acceptors (Lipinski definition) is 1. The van der Waals surface area contributed by atoms with Crippen LogP contribution in [0.15, 0.2) is 0 Å². The molecule has 0 aromatic carbocycles. The van der Waals surface area contributed by atoms with E-state index in [1.807, 2.05) is 0 Å². The minimum atomic E-state index is -0.0162. The van der Waals surface area contributed by atoms with Gasteiger partial charge in [-0.15, -0.1) is 0 Å². The fourth-order valence-corrected chi connectivity index (χ4v) is 1.95. The monoisotopic (exact) mass is 221 g/mol. The van der Waals surface area contributed by atoms with Crippen LogP contribution >= 0.6 is 15.9 Å². The van der Waals surface area contributed by atoms with Crippen molar-refractivity contribution in [3.63, 3.8) is 0 Å². The lowest BCUT2D eigenvalue weighted by Crippen LogP contribution is -2.30. The molecule has 0 aliphatic heterocycles. The van der Waals surface area contributed by atoms with E-state index in [0.29, 0.717) is 5.92 Å². The molecule has 1 atom stereocenters. The Morgan fingerprint density at radius 3 is 2.18 bits per heavy atom. The summed E-state index contributed by atoms with van der Waals surface area (Å²) in [6, 6.07) is 0. The van der Waals surface area contributed by atoms with Gasteiger partial charge < -0.3 is 4.90 Å². The van der Waals surface area contributed by atoms with E-state index in [9.17, 15) is 4.79 Å². The van der Waals surface area contributed by atoms with Gasteiger partial charge in [-0.25, -0.2) is 0 Å². The fraction of sp³-hybridized carbons (Fsp3) is 0.875. The number of amides is 1. The van der Waals surface area contributed by atoms with Gasteiger partial charge in [0.15, 0.2) is 0 Å². The Morgan fingerprint density at radius 1 is 1.45 bits per heavy atom. The molecule has 0 saturated carbocycles. The summed E-state index contributed by atoms with van der Waals surface area (Å²) in [5, 5.41) is 0. The lowest BCUT2D eigenvalue weighted by molar-refractivity contribution is -0.128. The first-order valence-electron chi connectivity index (χ1n) is 3.80. The molecule has 0 rings (SSSR count). The van der Waals surface area contributed by atoms with Crippen molar-refractivity contribution in [2.24, 2.45) is 5.92 Å². The van der Waals surface area contributed by atoms with Crippen LogP contribution in [-0.4, -0.2) is 29.7 Å². The van der Waals surface area contributed by atoms with Gasteiger partial charge in [0.2, 0.25) is 5.91 Å². The van der Waals surface area contributed by atoms with E-state index in [1.54, 1.807) is 19.0 Å². The van der Waals surface area contributed by atoms with Gasteiger partial charge >= 0.3 is 0 Å². The van der Waals surface area contributed by atoms with Crippen LogP contribution in [0.1, 0.15) is 20.3 Å². The van der Waals surface area contributed by atoms with Crippen LogP contribution in [0.3, 0.4) is 0 Å². The molecule has 0 aromatic heterocycles. The molecule has 0 unspecified atom stereocenters. The number of rotatable bonds is 3. The predicted octanol–water partition coefficient (Wildman–Crippen LogP) is 1.88. The molecule has 0 radical (unpaired) electrons. The van der Waals surface area contributed by atoms with Crippen molar-refractivity contribution in [3.05, 3.63) is 0 Å². The summed E-state index contributed by atoms with van der Waals surface area (Å²) in [5.41, 5.74) is 0. The molecule has 3 heteroatoms. The van der Waals surface area contributed by atoms with Gasteiger partial charge in [-0.1, -0.05) is 29.8 Å². The van der Waals surface area contributed by atoms with Crippen LogP contribution in [-0.2, 0) is 4.79 Å². The SMILES string of the molecule is CC(C)C[C@H](Br)C(=O)N(C)C. The second-order valence-corrected chi connectivity index (χ2v) is 4.44. The fourth-order valence-electron chi connectivity index (χ4n) is 0.795. The lowest BCUT2D eigenvalue weighted by atomic mass is 10.1. The Hall–Kier alpha value is -0.0500. The van der Waals surface area contributed by atoms with Gasteiger partial charge in [0.1, 0.15) is 0 Å². The average Bonchev–Trinajstić information content (AvgIpc) is 1.84. The highest BCUT2D eigenvalue weighted by Gasteiger charge is 2.17. The third-order valence-corrected chi connectivity index (χ3v) is 2.15. The normalized spacial score (nSPS) is 13.3. The third-order valence-electron chi connectivity index (χ3n) is 1.39. The molecule has 0 bridgehead atoms. The molecule has 11 heavy (non-hydrogen) atoms. The van der Waals surface area contributed by atoms with Gasteiger partial charge in [-0.05, 0) is 12.3 Å². The Bertz CT molecular complexity index is 134. The lowest BCUT2D eigenvalue weighted by Gasteiger charge is -2.16. The molecule has 0 heterocycles. The minimum Gasteiger partial charge on any atom is -0.348 e. The van der Waals surface area contributed by atoms with Crippen LogP contribution in [0.5, 0.6) is 0 Å². The number of alkyl halides is 1. The highest BCUT2D eigenvalue weighted by atomic mass is 79.9. The van der Waals surface area contributed by atoms with Crippen molar-refractivity contribution >= 4 is 21.8 Å². The molecule has 0 aromatic rings.